The Hall–Kier alpha value is -0.460. The lowest BCUT2D eigenvalue weighted by Crippen LogP contribution is -2.27. The Balaban J connectivity index is 2.75. The number of benzene rings is 1. The van der Waals surface area contributed by atoms with E-state index < -0.39 is 0 Å². The van der Waals surface area contributed by atoms with Crippen LogP contribution < -0.4 is 5.32 Å². The van der Waals surface area contributed by atoms with Crippen LogP contribution in [0.5, 0.6) is 0 Å². The Morgan fingerprint density at radius 1 is 1.29 bits per heavy atom. The molecule has 92 valence electrons. The molecule has 0 heterocycles. The van der Waals surface area contributed by atoms with Gasteiger partial charge in [0.15, 0.2) is 0 Å². The Kier molecular flexibility index (Phi) is 6.08. The maximum atomic E-state index is 8.66. The zero-order valence-corrected chi connectivity index (χ0v) is 11.7. The molecule has 0 saturated heterocycles. The van der Waals surface area contributed by atoms with Crippen LogP contribution in [0.25, 0.3) is 0 Å². The van der Waals surface area contributed by atoms with Crippen molar-refractivity contribution in [1.29, 1.82) is 5.26 Å². The normalized spacial score (nSPS) is 12.2. The number of hydrogen-bond acceptors (Lipinski definition) is 2. The van der Waals surface area contributed by atoms with E-state index in [4.69, 9.17) is 40.1 Å². The summed E-state index contributed by atoms with van der Waals surface area (Å²) in [5, 5.41) is 13.4. The molecule has 0 amide bonds. The van der Waals surface area contributed by atoms with Crippen molar-refractivity contribution in [3.8, 4) is 6.07 Å². The second-order valence-electron chi connectivity index (χ2n) is 3.67. The van der Waals surface area contributed by atoms with Crippen molar-refractivity contribution in [2.45, 2.75) is 32.4 Å². The van der Waals surface area contributed by atoms with E-state index in [0.29, 0.717) is 28.0 Å². The number of rotatable bonds is 5. The maximum Gasteiger partial charge on any atom is 0.0652 e. The third-order valence-electron chi connectivity index (χ3n) is 2.54. The number of nitrogens with one attached hydrogen (secondary N) is 1. The van der Waals surface area contributed by atoms with Gasteiger partial charge in [-0.3, -0.25) is 0 Å². The molecule has 1 unspecified atom stereocenters. The van der Waals surface area contributed by atoms with E-state index in [-0.39, 0.29) is 6.04 Å². The average Bonchev–Trinajstić information content (AvgIpc) is 2.32. The molecule has 0 saturated carbocycles. The standard InChI is InChI=1S/C12H13Cl3N2/c1-2-8(5-6-16)17-7-9-10(13)3-4-11(14)12(9)15/h3-4,8,17H,2,5,7H2,1H3. The Morgan fingerprint density at radius 3 is 2.53 bits per heavy atom. The summed E-state index contributed by atoms with van der Waals surface area (Å²) in [6, 6.07) is 5.67. The molecule has 5 heteroatoms. The SMILES string of the molecule is CCC(CC#N)NCc1c(Cl)ccc(Cl)c1Cl. The molecule has 0 bridgehead atoms. The Labute approximate surface area is 116 Å². The van der Waals surface area contributed by atoms with Crippen molar-refractivity contribution in [2.24, 2.45) is 0 Å². The Bertz CT molecular complexity index is 426. The predicted molar refractivity (Wildman–Crippen MR) is 72.6 cm³/mol. The number of halogens is 3. The van der Waals surface area contributed by atoms with Crippen LogP contribution >= 0.6 is 34.8 Å². The van der Waals surface area contributed by atoms with Crippen LogP contribution in [0.4, 0.5) is 0 Å². The van der Waals surface area contributed by atoms with Crippen LogP contribution in [0.15, 0.2) is 12.1 Å². The van der Waals surface area contributed by atoms with Gasteiger partial charge in [0.25, 0.3) is 0 Å². The fourth-order valence-corrected chi connectivity index (χ4v) is 2.13. The second-order valence-corrected chi connectivity index (χ2v) is 4.86. The molecule has 0 aliphatic heterocycles. The molecule has 1 aromatic carbocycles. The smallest absolute Gasteiger partial charge is 0.0652 e. The molecule has 0 aliphatic rings. The first-order valence-electron chi connectivity index (χ1n) is 5.32. The maximum absolute atomic E-state index is 8.66. The molecule has 0 radical (unpaired) electrons. The van der Waals surface area contributed by atoms with E-state index in [9.17, 15) is 0 Å². The molecular formula is C12H13Cl3N2. The summed E-state index contributed by atoms with van der Waals surface area (Å²) in [7, 11) is 0. The summed E-state index contributed by atoms with van der Waals surface area (Å²) in [5.74, 6) is 0. The van der Waals surface area contributed by atoms with Crippen LogP contribution in [-0.2, 0) is 6.54 Å². The van der Waals surface area contributed by atoms with E-state index in [1.54, 1.807) is 12.1 Å². The monoisotopic (exact) mass is 290 g/mol. The van der Waals surface area contributed by atoms with Crippen LogP contribution in [0, 0.1) is 11.3 Å². The molecule has 0 fully saturated rings. The van der Waals surface area contributed by atoms with Gasteiger partial charge >= 0.3 is 0 Å². The lowest BCUT2D eigenvalue weighted by Gasteiger charge is -2.15. The molecule has 17 heavy (non-hydrogen) atoms. The average molecular weight is 292 g/mol. The second kappa shape index (κ2) is 7.08. The third kappa shape index (κ3) is 4.04. The zero-order valence-electron chi connectivity index (χ0n) is 9.43. The lowest BCUT2D eigenvalue weighted by molar-refractivity contribution is 0.505. The van der Waals surface area contributed by atoms with Gasteiger partial charge in [-0.15, -0.1) is 0 Å². The van der Waals surface area contributed by atoms with Gasteiger partial charge in [0.2, 0.25) is 0 Å². The van der Waals surface area contributed by atoms with Gasteiger partial charge in [0, 0.05) is 23.2 Å². The summed E-state index contributed by atoms with van der Waals surface area (Å²) in [6.07, 6.45) is 1.34. The van der Waals surface area contributed by atoms with Gasteiger partial charge in [-0.2, -0.15) is 5.26 Å². The first kappa shape index (κ1) is 14.6. The van der Waals surface area contributed by atoms with E-state index in [1.165, 1.54) is 0 Å². The molecule has 2 nitrogen and oxygen atoms in total. The van der Waals surface area contributed by atoms with Gasteiger partial charge in [-0.25, -0.2) is 0 Å². The minimum absolute atomic E-state index is 0.145. The topological polar surface area (TPSA) is 35.8 Å². The van der Waals surface area contributed by atoms with Crippen molar-refractivity contribution in [2.75, 3.05) is 0 Å². The largest absolute Gasteiger partial charge is 0.309 e. The van der Waals surface area contributed by atoms with Crippen molar-refractivity contribution >= 4 is 34.8 Å². The molecule has 1 rings (SSSR count). The van der Waals surface area contributed by atoms with Crippen molar-refractivity contribution in [1.82, 2.24) is 5.32 Å². The van der Waals surface area contributed by atoms with Crippen LogP contribution in [0.3, 0.4) is 0 Å². The highest BCUT2D eigenvalue weighted by Crippen LogP contribution is 2.31. The fraction of sp³-hybridized carbons (Fsp3) is 0.417. The first-order chi connectivity index (χ1) is 8.10. The van der Waals surface area contributed by atoms with Gasteiger partial charge in [0.05, 0.1) is 22.5 Å². The van der Waals surface area contributed by atoms with Crippen LogP contribution in [-0.4, -0.2) is 6.04 Å². The van der Waals surface area contributed by atoms with Gasteiger partial charge in [0.1, 0.15) is 0 Å². The summed E-state index contributed by atoms with van der Waals surface area (Å²) in [5.41, 5.74) is 0.775. The van der Waals surface area contributed by atoms with Crippen molar-refractivity contribution in [3.63, 3.8) is 0 Å². The highest BCUT2D eigenvalue weighted by molar-refractivity contribution is 6.44. The van der Waals surface area contributed by atoms with E-state index >= 15 is 0 Å². The van der Waals surface area contributed by atoms with E-state index in [2.05, 4.69) is 11.4 Å². The molecule has 1 atom stereocenters. The molecule has 1 aromatic rings. The minimum atomic E-state index is 0.145. The number of hydrogen-bond donors (Lipinski definition) is 1. The summed E-state index contributed by atoms with van der Waals surface area (Å²) in [6.45, 7) is 2.54. The highest BCUT2D eigenvalue weighted by Gasteiger charge is 2.11. The van der Waals surface area contributed by atoms with Crippen LogP contribution in [0.2, 0.25) is 15.1 Å². The summed E-state index contributed by atoms with van der Waals surface area (Å²) >= 11 is 18.1. The minimum Gasteiger partial charge on any atom is -0.309 e. The number of nitrogens with zero attached hydrogens (tertiary/aromatic N) is 1. The van der Waals surface area contributed by atoms with Gasteiger partial charge < -0.3 is 5.32 Å². The van der Waals surface area contributed by atoms with E-state index in [0.717, 1.165) is 12.0 Å². The molecular weight excluding hydrogens is 279 g/mol. The first-order valence-corrected chi connectivity index (χ1v) is 6.46. The highest BCUT2D eigenvalue weighted by atomic mass is 35.5. The number of nitriles is 1. The summed E-state index contributed by atoms with van der Waals surface area (Å²) in [4.78, 5) is 0. The summed E-state index contributed by atoms with van der Waals surface area (Å²) < 4.78 is 0. The quantitative estimate of drug-likeness (QED) is 0.815. The predicted octanol–water partition coefficient (Wildman–Crippen LogP) is 4.43. The fourth-order valence-electron chi connectivity index (χ4n) is 1.45. The Morgan fingerprint density at radius 2 is 1.94 bits per heavy atom. The van der Waals surface area contributed by atoms with Gasteiger partial charge in [-0.05, 0) is 18.6 Å². The zero-order chi connectivity index (χ0) is 12.8. The molecule has 0 aromatic heterocycles. The molecule has 0 spiro atoms. The van der Waals surface area contributed by atoms with Crippen molar-refractivity contribution < 1.29 is 0 Å². The third-order valence-corrected chi connectivity index (χ3v) is 3.73. The van der Waals surface area contributed by atoms with E-state index in [1.807, 2.05) is 6.92 Å². The van der Waals surface area contributed by atoms with Crippen molar-refractivity contribution in [3.05, 3.63) is 32.8 Å². The lowest BCUT2D eigenvalue weighted by atomic mass is 10.1. The van der Waals surface area contributed by atoms with Gasteiger partial charge in [-0.1, -0.05) is 41.7 Å². The molecule has 1 N–H and O–H groups in total. The van der Waals surface area contributed by atoms with Crippen LogP contribution in [0.1, 0.15) is 25.3 Å². The molecule has 0 aliphatic carbocycles.